The third-order valence-electron chi connectivity index (χ3n) is 6.19. The Morgan fingerprint density at radius 1 is 1.16 bits per heavy atom. The van der Waals surface area contributed by atoms with E-state index in [2.05, 4.69) is 30.2 Å². The lowest BCUT2D eigenvalue weighted by Crippen LogP contribution is -2.10. The van der Waals surface area contributed by atoms with Gasteiger partial charge in [-0.05, 0) is 61.2 Å². The zero-order valence-corrected chi connectivity index (χ0v) is 23.0. The van der Waals surface area contributed by atoms with Crippen LogP contribution in [-0.2, 0) is 9.47 Å². The molecule has 0 saturated heterocycles. The Morgan fingerprint density at radius 3 is 2.63 bits per heavy atom. The topological polar surface area (TPSA) is 94.4 Å². The van der Waals surface area contributed by atoms with Gasteiger partial charge in [-0.3, -0.25) is 0 Å². The highest BCUT2D eigenvalue weighted by Gasteiger charge is 2.23. The predicted octanol–water partition coefficient (Wildman–Crippen LogP) is 5.30. The first-order valence-corrected chi connectivity index (χ1v) is 12.9. The van der Waals surface area contributed by atoms with Crippen LogP contribution >= 0.6 is 0 Å². The molecular formula is C29H36N6O3. The number of hydrogen-bond acceptors (Lipinski definition) is 8. The molecule has 0 aliphatic heterocycles. The van der Waals surface area contributed by atoms with E-state index < -0.39 is 5.97 Å². The van der Waals surface area contributed by atoms with Gasteiger partial charge in [0.15, 0.2) is 11.3 Å². The Kier molecular flexibility index (Phi) is 8.58. The summed E-state index contributed by atoms with van der Waals surface area (Å²) in [6.07, 6.45) is 2.70. The van der Waals surface area contributed by atoms with Crippen LogP contribution in [0.25, 0.3) is 27.8 Å². The molecule has 38 heavy (non-hydrogen) atoms. The van der Waals surface area contributed by atoms with Gasteiger partial charge >= 0.3 is 5.97 Å². The van der Waals surface area contributed by atoms with Gasteiger partial charge in [-0.15, -0.1) is 0 Å². The zero-order valence-electron chi connectivity index (χ0n) is 23.0. The van der Waals surface area contributed by atoms with E-state index >= 15 is 0 Å². The van der Waals surface area contributed by atoms with Crippen molar-refractivity contribution >= 4 is 28.5 Å². The number of methoxy groups -OCH3 is 1. The van der Waals surface area contributed by atoms with Crippen LogP contribution in [-0.4, -0.2) is 66.7 Å². The smallest absolute Gasteiger partial charge is 0.357 e. The number of nitrogens with one attached hydrogen (secondary N) is 1. The molecular weight excluding hydrogens is 480 g/mol. The second-order valence-electron chi connectivity index (χ2n) is 9.55. The maximum absolute atomic E-state index is 12.9. The molecule has 0 saturated carbocycles. The molecule has 3 heterocycles. The summed E-state index contributed by atoms with van der Waals surface area (Å²) < 4.78 is 12.3. The van der Waals surface area contributed by atoms with Crippen LogP contribution in [0.15, 0.2) is 48.7 Å². The molecule has 3 aromatic heterocycles. The van der Waals surface area contributed by atoms with Crippen molar-refractivity contribution in [3.63, 3.8) is 0 Å². The number of benzene rings is 1. The van der Waals surface area contributed by atoms with Gasteiger partial charge in [0.05, 0.1) is 23.4 Å². The molecule has 9 nitrogen and oxygen atoms in total. The Hall–Kier alpha value is -3.98. The summed E-state index contributed by atoms with van der Waals surface area (Å²) in [5, 5.41) is 9.21. The number of rotatable bonds is 11. The number of hydrogen-bond donors (Lipinski definition) is 1. The molecule has 0 aliphatic rings. The van der Waals surface area contributed by atoms with Gasteiger partial charge in [0.2, 0.25) is 0 Å². The largest absolute Gasteiger partial charge is 0.461 e. The lowest BCUT2D eigenvalue weighted by atomic mass is 9.98. The molecule has 0 unspecified atom stereocenters. The number of anilines is 2. The third kappa shape index (κ3) is 5.78. The summed E-state index contributed by atoms with van der Waals surface area (Å²) >= 11 is 0. The molecule has 0 spiro atoms. The first-order valence-electron chi connectivity index (χ1n) is 12.9. The summed E-state index contributed by atoms with van der Waals surface area (Å²) in [5.41, 5.74) is 5.35. The number of carbonyl (C=O) groups is 1. The standard InChI is InChI=1S/C29H36N6O3/c1-7-38-29(36)24-17-23(20-12-13-25(31-18-20)30-14-9-15-37-6)26-27(19(2)3)33-35(28(26)32-24)22-11-8-10-21(16-22)34(4)5/h8,10-13,16-19H,7,9,14-15H2,1-6H3,(H,30,31). The number of pyridine rings is 2. The van der Waals surface area contributed by atoms with Gasteiger partial charge in [-0.1, -0.05) is 19.9 Å². The van der Waals surface area contributed by atoms with Crippen molar-refractivity contribution in [2.24, 2.45) is 0 Å². The fourth-order valence-electron chi connectivity index (χ4n) is 4.26. The molecule has 1 aromatic carbocycles. The number of ether oxygens (including phenoxy) is 2. The van der Waals surface area contributed by atoms with Crippen LogP contribution < -0.4 is 10.2 Å². The van der Waals surface area contributed by atoms with Gasteiger partial charge in [-0.25, -0.2) is 19.4 Å². The van der Waals surface area contributed by atoms with Crippen molar-refractivity contribution < 1.29 is 14.3 Å². The Morgan fingerprint density at radius 2 is 1.97 bits per heavy atom. The predicted molar refractivity (Wildman–Crippen MR) is 151 cm³/mol. The minimum Gasteiger partial charge on any atom is -0.461 e. The van der Waals surface area contributed by atoms with Crippen molar-refractivity contribution in [3.8, 4) is 16.8 Å². The lowest BCUT2D eigenvalue weighted by molar-refractivity contribution is 0.0520. The van der Waals surface area contributed by atoms with E-state index in [9.17, 15) is 4.79 Å². The summed E-state index contributed by atoms with van der Waals surface area (Å²) in [4.78, 5) is 24.3. The van der Waals surface area contributed by atoms with Gasteiger partial charge < -0.3 is 19.7 Å². The highest BCUT2D eigenvalue weighted by atomic mass is 16.5. The average molecular weight is 517 g/mol. The number of fused-ring (bicyclic) bond motifs is 1. The van der Waals surface area contributed by atoms with Crippen molar-refractivity contribution in [2.75, 3.05) is 51.2 Å². The summed E-state index contributed by atoms with van der Waals surface area (Å²) in [6, 6.07) is 13.8. The van der Waals surface area contributed by atoms with E-state index in [4.69, 9.17) is 19.6 Å². The minimum atomic E-state index is -0.471. The van der Waals surface area contributed by atoms with E-state index in [1.165, 1.54) is 0 Å². The number of carbonyl (C=O) groups excluding carboxylic acids is 1. The van der Waals surface area contributed by atoms with E-state index in [-0.39, 0.29) is 18.2 Å². The van der Waals surface area contributed by atoms with Crippen LogP contribution in [0.2, 0.25) is 0 Å². The number of aromatic nitrogens is 4. The number of esters is 1. The monoisotopic (exact) mass is 516 g/mol. The molecule has 0 radical (unpaired) electrons. The first-order chi connectivity index (χ1) is 18.3. The molecule has 4 aromatic rings. The highest BCUT2D eigenvalue weighted by Crippen LogP contribution is 2.36. The molecule has 0 atom stereocenters. The fourth-order valence-corrected chi connectivity index (χ4v) is 4.26. The first kappa shape index (κ1) is 27.1. The van der Waals surface area contributed by atoms with Crippen molar-refractivity contribution in [1.82, 2.24) is 19.7 Å². The maximum Gasteiger partial charge on any atom is 0.357 e. The third-order valence-corrected chi connectivity index (χ3v) is 6.19. The van der Waals surface area contributed by atoms with Crippen LogP contribution in [0.4, 0.5) is 11.5 Å². The molecule has 0 aliphatic carbocycles. The van der Waals surface area contributed by atoms with Gasteiger partial charge in [-0.2, -0.15) is 5.10 Å². The van der Waals surface area contributed by atoms with Crippen LogP contribution in [0.5, 0.6) is 0 Å². The molecule has 0 amide bonds. The Balaban J connectivity index is 1.89. The zero-order chi connectivity index (χ0) is 27.2. The van der Waals surface area contributed by atoms with E-state index in [1.54, 1.807) is 20.1 Å². The Labute approximate surface area is 223 Å². The van der Waals surface area contributed by atoms with Crippen molar-refractivity contribution in [3.05, 3.63) is 60.0 Å². The molecule has 0 bridgehead atoms. The van der Waals surface area contributed by atoms with E-state index in [0.29, 0.717) is 12.3 Å². The SMILES string of the molecule is CCOC(=O)c1cc(-c2ccc(NCCCOC)nc2)c2c(C(C)C)nn(-c3cccc(N(C)C)c3)c2n1. The van der Waals surface area contributed by atoms with Gasteiger partial charge in [0, 0.05) is 51.8 Å². The number of nitrogens with zero attached hydrogens (tertiary/aromatic N) is 5. The molecule has 9 heteroatoms. The fraction of sp³-hybridized carbons (Fsp3) is 0.379. The second-order valence-corrected chi connectivity index (χ2v) is 9.55. The van der Waals surface area contributed by atoms with E-state index in [1.807, 2.05) is 60.2 Å². The second kappa shape index (κ2) is 12.0. The summed E-state index contributed by atoms with van der Waals surface area (Å²) in [7, 11) is 5.69. The van der Waals surface area contributed by atoms with Crippen molar-refractivity contribution in [1.29, 1.82) is 0 Å². The van der Waals surface area contributed by atoms with Crippen LogP contribution in [0.3, 0.4) is 0 Å². The van der Waals surface area contributed by atoms with Gasteiger partial charge in [0.1, 0.15) is 5.82 Å². The maximum atomic E-state index is 12.9. The quantitative estimate of drug-likeness (QED) is 0.212. The molecule has 4 rings (SSSR count). The van der Waals surface area contributed by atoms with E-state index in [0.717, 1.165) is 52.4 Å². The van der Waals surface area contributed by atoms with Crippen molar-refractivity contribution in [2.45, 2.75) is 33.1 Å². The molecule has 1 N–H and O–H groups in total. The lowest BCUT2D eigenvalue weighted by Gasteiger charge is -2.14. The summed E-state index contributed by atoms with van der Waals surface area (Å²) in [6.45, 7) is 7.72. The summed E-state index contributed by atoms with van der Waals surface area (Å²) in [5.74, 6) is 0.432. The Bertz CT molecular complexity index is 1400. The van der Waals surface area contributed by atoms with Crippen LogP contribution in [0, 0.1) is 0 Å². The average Bonchev–Trinajstić information content (AvgIpc) is 3.31. The normalized spacial score (nSPS) is 11.2. The molecule has 0 fully saturated rings. The minimum absolute atomic E-state index is 0.124. The van der Waals surface area contributed by atoms with Gasteiger partial charge in [0.25, 0.3) is 0 Å². The molecule has 200 valence electrons. The van der Waals surface area contributed by atoms with Crippen LogP contribution in [0.1, 0.15) is 49.3 Å². The highest BCUT2D eigenvalue weighted by molar-refractivity contribution is 6.00.